The predicted molar refractivity (Wildman–Crippen MR) is 112 cm³/mol. The lowest BCUT2D eigenvalue weighted by Crippen LogP contribution is -2.52. The number of furan rings is 1. The molecule has 0 saturated carbocycles. The Bertz CT molecular complexity index is 1080. The summed E-state index contributed by atoms with van der Waals surface area (Å²) in [4.78, 5) is 26.3. The van der Waals surface area contributed by atoms with Crippen molar-refractivity contribution in [2.45, 2.75) is 57.7 Å². The Kier molecular flexibility index (Phi) is 5.98. The summed E-state index contributed by atoms with van der Waals surface area (Å²) in [5.41, 5.74) is 0.508. The van der Waals surface area contributed by atoms with Gasteiger partial charge >= 0.3 is 5.91 Å². The molecule has 0 aromatic carbocycles. The standard InChI is InChI=1S/C20H27N5O5S/c1-3-25-21-13-16(23-25)18(26)22-15-5-9-30-20(12-15)6-10-31(28,11-7-20)24-19(27)17-14(2)4-8-29-17/h4,8,13,15H,3,5-7,9-12H2,1-2H3,(H,22,26). The molecule has 10 nitrogen and oxygen atoms in total. The third-order valence-corrected chi connectivity index (χ3v) is 8.12. The molecule has 2 aliphatic heterocycles. The number of aromatic nitrogens is 3. The summed E-state index contributed by atoms with van der Waals surface area (Å²) >= 11 is 0. The Morgan fingerprint density at radius 3 is 2.81 bits per heavy atom. The van der Waals surface area contributed by atoms with Crippen LogP contribution in [0.2, 0.25) is 0 Å². The molecule has 2 fully saturated rings. The van der Waals surface area contributed by atoms with Crippen molar-refractivity contribution in [1.29, 1.82) is 0 Å². The highest BCUT2D eigenvalue weighted by Gasteiger charge is 2.42. The van der Waals surface area contributed by atoms with Crippen LogP contribution in [0, 0.1) is 6.92 Å². The number of amides is 2. The van der Waals surface area contributed by atoms with E-state index in [1.807, 2.05) is 6.92 Å². The molecule has 1 unspecified atom stereocenters. The quantitative estimate of drug-likeness (QED) is 0.755. The van der Waals surface area contributed by atoms with Crippen molar-refractivity contribution in [3.63, 3.8) is 0 Å². The van der Waals surface area contributed by atoms with E-state index in [1.165, 1.54) is 17.3 Å². The van der Waals surface area contributed by atoms with Gasteiger partial charge in [-0.05, 0) is 45.6 Å². The van der Waals surface area contributed by atoms with Crippen LogP contribution in [-0.4, -0.2) is 60.8 Å². The van der Waals surface area contributed by atoms with Gasteiger partial charge in [0.1, 0.15) is 0 Å². The fraction of sp³-hybridized carbons (Fsp3) is 0.600. The first-order chi connectivity index (χ1) is 14.8. The second kappa shape index (κ2) is 8.54. The molecule has 168 valence electrons. The van der Waals surface area contributed by atoms with Crippen LogP contribution >= 0.6 is 0 Å². The molecular weight excluding hydrogens is 422 g/mol. The Labute approximate surface area is 180 Å². The SMILES string of the molecule is CCn1ncc(C(=O)NC2CCOC3(CCS(=O)(=NC(=O)c4occc4C)CC3)C2)n1. The minimum atomic E-state index is -2.66. The van der Waals surface area contributed by atoms with Crippen molar-refractivity contribution < 1.29 is 23.0 Å². The number of carbonyl (C=O) groups is 2. The first-order valence-electron chi connectivity index (χ1n) is 10.5. The number of nitrogens with one attached hydrogen (secondary N) is 1. The fourth-order valence-electron chi connectivity index (χ4n) is 4.11. The number of aryl methyl sites for hydroxylation is 2. The highest BCUT2D eigenvalue weighted by atomic mass is 32.2. The average Bonchev–Trinajstić information content (AvgIpc) is 3.40. The van der Waals surface area contributed by atoms with Crippen LogP contribution in [0.25, 0.3) is 0 Å². The van der Waals surface area contributed by atoms with Crippen LogP contribution in [0.5, 0.6) is 0 Å². The van der Waals surface area contributed by atoms with Gasteiger partial charge in [-0.25, -0.2) is 4.21 Å². The van der Waals surface area contributed by atoms with Crippen LogP contribution in [0.15, 0.2) is 27.3 Å². The second-order valence-electron chi connectivity index (χ2n) is 8.12. The molecule has 0 radical (unpaired) electrons. The Morgan fingerprint density at radius 2 is 2.16 bits per heavy atom. The van der Waals surface area contributed by atoms with Gasteiger partial charge in [-0.2, -0.15) is 14.3 Å². The average molecular weight is 450 g/mol. The van der Waals surface area contributed by atoms with Gasteiger partial charge in [0, 0.05) is 29.7 Å². The molecule has 4 rings (SSSR count). The van der Waals surface area contributed by atoms with Crippen molar-refractivity contribution in [2.24, 2.45) is 4.36 Å². The monoisotopic (exact) mass is 449 g/mol. The van der Waals surface area contributed by atoms with Crippen molar-refractivity contribution >= 4 is 21.5 Å². The molecule has 1 atom stereocenters. The summed E-state index contributed by atoms with van der Waals surface area (Å²) < 4.78 is 28.4. The molecular formula is C20H27N5O5S. The minimum Gasteiger partial charge on any atom is -0.459 e. The summed E-state index contributed by atoms with van der Waals surface area (Å²) in [5, 5.41) is 11.2. The van der Waals surface area contributed by atoms with Gasteiger partial charge in [0.25, 0.3) is 5.91 Å². The summed E-state index contributed by atoms with van der Waals surface area (Å²) in [5.74, 6) is -0.123. The lowest BCUT2D eigenvalue weighted by Gasteiger charge is -2.44. The molecule has 2 aromatic heterocycles. The van der Waals surface area contributed by atoms with E-state index >= 15 is 0 Å². The smallest absolute Gasteiger partial charge is 0.321 e. The highest BCUT2D eigenvalue weighted by molar-refractivity contribution is 7.93. The summed E-state index contributed by atoms with van der Waals surface area (Å²) in [7, 11) is -2.66. The van der Waals surface area contributed by atoms with Gasteiger partial charge < -0.3 is 14.5 Å². The van der Waals surface area contributed by atoms with E-state index in [-0.39, 0.29) is 29.2 Å². The van der Waals surface area contributed by atoms with Crippen LogP contribution in [0.4, 0.5) is 0 Å². The zero-order valence-corrected chi connectivity index (χ0v) is 18.5. The summed E-state index contributed by atoms with van der Waals surface area (Å²) in [6.07, 6.45) is 5.26. The third kappa shape index (κ3) is 4.72. The van der Waals surface area contributed by atoms with Gasteiger partial charge in [-0.1, -0.05) is 0 Å². The van der Waals surface area contributed by atoms with E-state index in [0.29, 0.717) is 50.1 Å². The molecule has 0 bridgehead atoms. The van der Waals surface area contributed by atoms with Crippen LogP contribution in [0.1, 0.15) is 59.2 Å². The molecule has 2 aromatic rings. The van der Waals surface area contributed by atoms with Gasteiger partial charge in [-0.15, -0.1) is 5.10 Å². The molecule has 2 amide bonds. The van der Waals surface area contributed by atoms with Crippen molar-refractivity contribution in [1.82, 2.24) is 20.3 Å². The number of carbonyl (C=O) groups excluding carboxylic acids is 2. The zero-order chi connectivity index (χ0) is 22.1. The first-order valence-corrected chi connectivity index (χ1v) is 12.3. The molecule has 2 saturated heterocycles. The number of hydrogen-bond acceptors (Lipinski definition) is 7. The maximum Gasteiger partial charge on any atom is 0.321 e. The van der Waals surface area contributed by atoms with E-state index in [2.05, 4.69) is 19.9 Å². The van der Waals surface area contributed by atoms with Crippen LogP contribution in [0.3, 0.4) is 0 Å². The largest absolute Gasteiger partial charge is 0.459 e. The first kappa shape index (κ1) is 21.7. The minimum absolute atomic E-state index is 0.0634. The molecule has 1 spiro atoms. The normalized spacial score (nSPS) is 28.4. The van der Waals surface area contributed by atoms with Crippen molar-refractivity contribution in [2.75, 3.05) is 18.1 Å². The summed E-state index contributed by atoms with van der Waals surface area (Å²) in [6.45, 7) is 4.76. The Balaban J connectivity index is 1.39. The molecule has 0 aliphatic carbocycles. The maximum absolute atomic E-state index is 13.2. The number of nitrogens with zero attached hydrogens (tertiary/aromatic N) is 4. The molecule has 2 aliphatic rings. The third-order valence-electron chi connectivity index (χ3n) is 5.94. The van der Waals surface area contributed by atoms with Gasteiger partial charge in [0.15, 0.2) is 11.5 Å². The summed E-state index contributed by atoms with van der Waals surface area (Å²) in [6, 6.07) is 1.62. The Hall–Kier alpha value is -2.53. The van der Waals surface area contributed by atoms with E-state index in [1.54, 1.807) is 13.0 Å². The molecule has 11 heteroatoms. The predicted octanol–water partition coefficient (Wildman–Crippen LogP) is 1.95. The Morgan fingerprint density at radius 1 is 1.39 bits per heavy atom. The molecule has 1 N–H and O–H groups in total. The van der Waals surface area contributed by atoms with Gasteiger partial charge in [-0.3, -0.25) is 9.59 Å². The van der Waals surface area contributed by atoms with E-state index in [0.717, 1.165) is 0 Å². The van der Waals surface area contributed by atoms with E-state index in [9.17, 15) is 13.8 Å². The second-order valence-corrected chi connectivity index (χ2v) is 10.7. The van der Waals surface area contributed by atoms with E-state index < -0.39 is 21.2 Å². The number of rotatable bonds is 4. The fourth-order valence-corrected chi connectivity index (χ4v) is 6.26. The topological polar surface area (TPSA) is 129 Å². The lowest BCUT2D eigenvalue weighted by molar-refractivity contribution is -0.0925. The molecule has 31 heavy (non-hydrogen) atoms. The number of hydrogen-bond donors (Lipinski definition) is 1. The van der Waals surface area contributed by atoms with E-state index in [4.69, 9.17) is 9.15 Å². The van der Waals surface area contributed by atoms with Crippen LogP contribution in [-0.2, 0) is 21.0 Å². The zero-order valence-electron chi connectivity index (χ0n) is 17.7. The van der Waals surface area contributed by atoms with Gasteiger partial charge in [0.05, 0.1) is 34.3 Å². The lowest BCUT2D eigenvalue weighted by atomic mass is 9.85. The maximum atomic E-state index is 13.2. The van der Waals surface area contributed by atoms with Crippen molar-refractivity contribution in [3.8, 4) is 0 Å². The number of ether oxygens (including phenoxy) is 1. The highest BCUT2D eigenvalue weighted by Crippen LogP contribution is 2.36. The molecule has 4 heterocycles. The van der Waals surface area contributed by atoms with Crippen LogP contribution < -0.4 is 5.32 Å². The van der Waals surface area contributed by atoms with Crippen molar-refractivity contribution in [3.05, 3.63) is 35.5 Å². The van der Waals surface area contributed by atoms with Gasteiger partial charge in [0.2, 0.25) is 0 Å².